The van der Waals surface area contributed by atoms with Crippen molar-refractivity contribution in [2.75, 3.05) is 20.2 Å². The van der Waals surface area contributed by atoms with Crippen LogP contribution in [0.15, 0.2) is 28.8 Å². The molecule has 0 N–H and O–H groups in total. The highest BCUT2D eigenvalue weighted by Crippen LogP contribution is 2.31. The summed E-state index contributed by atoms with van der Waals surface area (Å²) in [5.41, 5.74) is 0.280. The molecule has 2 heterocycles. The number of likely N-dealkylation sites (tertiary alicyclic amines) is 1. The number of hydrogen-bond donors (Lipinski definition) is 0. The van der Waals surface area contributed by atoms with Crippen LogP contribution in [-0.2, 0) is 4.74 Å². The van der Waals surface area contributed by atoms with Crippen molar-refractivity contribution in [3.8, 4) is 17.1 Å². The van der Waals surface area contributed by atoms with E-state index in [-0.39, 0.29) is 12.0 Å². The third-order valence-corrected chi connectivity index (χ3v) is 3.67. The van der Waals surface area contributed by atoms with Gasteiger partial charge in [-0.2, -0.15) is 4.98 Å². The number of para-hydroxylation sites is 1. The van der Waals surface area contributed by atoms with Gasteiger partial charge in [0.05, 0.1) is 18.6 Å². The van der Waals surface area contributed by atoms with E-state index in [1.54, 1.807) is 12.0 Å². The predicted molar refractivity (Wildman–Crippen MR) is 86.8 cm³/mol. The van der Waals surface area contributed by atoms with Crippen molar-refractivity contribution in [1.29, 1.82) is 0 Å². The van der Waals surface area contributed by atoms with E-state index in [1.807, 2.05) is 45.0 Å². The van der Waals surface area contributed by atoms with Crippen LogP contribution in [0, 0.1) is 0 Å². The molecular weight excluding hydrogens is 310 g/mol. The SMILES string of the molecule is COc1ccccc1-c1noc(C2CN(C(=O)OC(C)(C)C)C2)n1. The Morgan fingerprint density at radius 3 is 2.67 bits per heavy atom. The highest BCUT2D eigenvalue weighted by atomic mass is 16.6. The summed E-state index contributed by atoms with van der Waals surface area (Å²) in [6.45, 7) is 6.57. The zero-order chi connectivity index (χ0) is 17.3. The molecule has 0 aliphatic carbocycles. The summed E-state index contributed by atoms with van der Waals surface area (Å²) in [4.78, 5) is 18.0. The van der Waals surface area contributed by atoms with Gasteiger partial charge in [0.2, 0.25) is 11.7 Å². The Hall–Kier alpha value is -2.57. The van der Waals surface area contributed by atoms with E-state index in [2.05, 4.69) is 10.1 Å². The lowest BCUT2D eigenvalue weighted by molar-refractivity contribution is 0.00558. The Balaban J connectivity index is 1.65. The normalized spacial score (nSPS) is 15.1. The topological polar surface area (TPSA) is 77.7 Å². The fraction of sp³-hybridized carbons (Fsp3) is 0.471. The zero-order valence-corrected chi connectivity index (χ0v) is 14.3. The lowest BCUT2D eigenvalue weighted by Crippen LogP contribution is -2.50. The van der Waals surface area contributed by atoms with Crippen LogP contribution in [0.3, 0.4) is 0 Å². The van der Waals surface area contributed by atoms with Crippen molar-refractivity contribution in [3.63, 3.8) is 0 Å². The first-order valence-corrected chi connectivity index (χ1v) is 7.82. The lowest BCUT2D eigenvalue weighted by Gasteiger charge is -2.37. The molecular formula is C17H21N3O4. The van der Waals surface area contributed by atoms with E-state index < -0.39 is 5.60 Å². The molecule has 7 nitrogen and oxygen atoms in total. The van der Waals surface area contributed by atoms with Crippen molar-refractivity contribution in [3.05, 3.63) is 30.2 Å². The summed E-state index contributed by atoms with van der Waals surface area (Å²) in [6, 6.07) is 7.50. The monoisotopic (exact) mass is 331 g/mol. The summed E-state index contributed by atoms with van der Waals surface area (Å²) in [5.74, 6) is 1.73. The number of rotatable bonds is 3. The molecule has 0 unspecified atom stereocenters. The zero-order valence-electron chi connectivity index (χ0n) is 14.3. The number of carbonyl (C=O) groups excluding carboxylic acids is 1. The van der Waals surface area contributed by atoms with Gasteiger partial charge in [-0.25, -0.2) is 4.79 Å². The van der Waals surface area contributed by atoms with Crippen molar-refractivity contribution in [2.45, 2.75) is 32.3 Å². The van der Waals surface area contributed by atoms with Crippen LogP contribution >= 0.6 is 0 Å². The third kappa shape index (κ3) is 3.34. The molecule has 7 heteroatoms. The van der Waals surface area contributed by atoms with Crippen molar-refractivity contribution in [2.24, 2.45) is 0 Å². The molecule has 0 saturated carbocycles. The number of aromatic nitrogens is 2. The van der Waals surface area contributed by atoms with Crippen LogP contribution in [0.1, 0.15) is 32.6 Å². The van der Waals surface area contributed by atoms with E-state index in [0.29, 0.717) is 30.6 Å². The van der Waals surface area contributed by atoms with Crippen molar-refractivity contribution in [1.82, 2.24) is 15.0 Å². The molecule has 1 aromatic carbocycles. The molecule has 2 aromatic rings. The quantitative estimate of drug-likeness (QED) is 0.860. The number of hydrogen-bond acceptors (Lipinski definition) is 6. The fourth-order valence-electron chi connectivity index (χ4n) is 2.45. The molecule has 1 aromatic heterocycles. The van der Waals surface area contributed by atoms with E-state index >= 15 is 0 Å². The second-order valence-corrected chi connectivity index (χ2v) is 6.74. The van der Waals surface area contributed by atoms with Crippen LogP contribution in [0.25, 0.3) is 11.4 Å². The first kappa shape index (κ1) is 16.3. The molecule has 0 atom stereocenters. The Labute approximate surface area is 140 Å². The van der Waals surface area contributed by atoms with E-state index in [9.17, 15) is 4.79 Å². The number of amides is 1. The molecule has 1 amide bonds. The molecule has 0 spiro atoms. The smallest absolute Gasteiger partial charge is 0.410 e. The van der Waals surface area contributed by atoms with Gasteiger partial charge in [-0.3, -0.25) is 0 Å². The maximum Gasteiger partial charge on any atom is 0.410 e. The van der Waals surface area contributed by atoms with Crippen LogP contribution in [0.2, 0.25) is 0 Å². The molecule has 1 fully saturated rings. The van der Waals surface area contributed by atoms with Crippen LogP contribution in [0.5, 0.6) is 5.75 Å². The standard InChI is InChI=1S/C17H21N3O4/c1-17(2,3)23-16(21)20-9-11(10-20)15-18-14(19-24-15)12-7-5-6-8-13(12)22-4/h5-8,11H,9-10H2,1-4H3. The third-order valence-electron chi connectivity index (χ3n) is 3.67. The van der Waals surface area contributed by atoms with Gasteiger partial charge in [0.15, 0.2) is 0 Å². The summed E-state index contributed by atoms with van der Waals surface area (Å²) >= 11 is 0. The summed E-state index contributed by atoms with van der Waals surface area (Å²) < 4.78 is 16.0. The molecule has 3 rings (SSSR count). The van der Waals surface area contributed by atoms with Crippen molar-refractivity contribution < 1.29 is 18.8 Å². The average molecular weight is 331 g/mol. The Morgan fingerprint density at radius 2 is 2.00 bits per heavy atom. The highest BCUT2D eigenvalue weighted by Gasteiger charge is 2.37. The minimum Gasteiger partial charge on any atom is -0.496 e. The van der Waals surface area contributed by atoms with E-state index in [0.717, 1.165) is 5.56 Å². The number of methoxy groups -OCH3 is 1. The van der Waals surface area contributed by atoms with Crippen molar-refractivity contribution >= 4 is 6.09 Å². The molecule has 0 radical (unpaired) electrons. The van der Waals surface area contributed by atoms with Gasteiger partial charge in [-0.1, -0.05) is 17.3 Å². The minimum absolute atomic E-state index is 0.0356. The van der Waals surface area contributed by atoms with Gasteiger partial charge in [0.25, 0.3) is 0 Å². The highest BCUT2D eigenvalue weighted by molar-refractivity contribution is 5.69. The van der Waals surface area contributed by atoms with Gasteiger partial charge < -0.3 is 18.9 Å². The van der Waals surface area contributed by atoms with E-state index in [4.69, 9.17) is 14.0 Å². The van der Waals surface area contributed by atoms with Gasteiger partial charge >= 0.3 is 6.09 Å². The molecule has 1 saturated heterocycles. The van der Waals surface area contributed by atoms with Crippen LogP contribution < -0.4 is 4.74 Å². The minimum atomic E-state index is -0.496. The first-order chi connectivity index (χ1) is 11.4. The Kier molecular flexibility index (Phi) is 4.17. The maximum atomic E-state index is 11.9. The Bertz CT molecular complexity index is 729. The number of carbonyl (C=O) groups is 1. The average Bonchev–Trinajstić information content (AvgIpc) is 2.93. The number of benzene rings is 1. The fourth-order valence-corrected chi connectivity index (χ4v) is 2.45. The number of ether oxygens (including phenoxy) is 2. The van der Waals surface area contributed by atoms with Gasteiger partial charge in [0, 0.05) is 13.1 Å². The van der Waals surface area contributed by atoms with Crippen LogP contribution in [-0.4, -0.2) is 46.9 Å². The lowest BCUT2D eigenvalue weighted by atomic mass is 10.0. The maximum absolute atomic E-state index is 11.9. The second kappa shape index (κ2) is 6.14. The van der Waals surface area contributed by atoms with Gasteiger partial charge in [-0.05, 0) is 32.9 Å². The Morgan fingerprint density at radius 1 is 1.29 bits per heavy atom. The number of nitrogens with zero attached hydrogens (tertiary/aromatic N) is 3. The van der Waals surface area contributed by atoms with Gasteiger partial charge in [0.1, 0.15) is 11.4 Å². The summed E-state index contributed by atoms with van der Waals surface area (Å²) in [5, 5.41) is 4.03. The largest absolute Gasteiger partial charge is 0.496 e. The molecule has 0 bridgehead atoms. The molecule has 128 valence electrons. The van der Waals surface area contributed by atoms with E-state index in [1.165, 1.54) is 0 Å². The first-order valence-electron chi connectivity index (χ1n) is 7.82. The van der Waals surface area contributed by atoms with Crippen LogP contribution in [0.4, 0.5) is 4.79 Å². The second-order valence-electron chi connectivity index (χ2n) is 6.74. The predicted octanol–water partition coefficient (Wildman–Crippen LogP) is 3.08. The summed E-state index contributed by atoms with van der Waals surface area (Å²) in [7, 11) is 1.60. The summed E-state index contributed by atoms with van der Waals surface area (Å²) in [6.07, 6.45) is -0.316. The molecule has 1 aliphatic heterocycles. The van der Waals surface area contributed by atoms with Gasteiger partial charge in [-0.15, -0.1) is 0 Å². The molecule has 24 heavy (non-hydrogen) atoms. The molecule has 1 aliphatic rings.